The van der Waals surface area contributed by atoms with Crippen molar-refractivity contribution >= 4 is 34.4 Å². The number of nitrogens with zero attached hydrogens (tertiary/aromatic N) is 1. The molecule has 3 heterocycles. The summed E-state index contributed by atoms with van der Waals surface area (Å²) in [7, 11) is 0. The van der Waals surface area contributed by atoms with E-state index in [1.54, 1.807) is 12.1 Å². The lowest BCUT2D eigenvalue weighted by atomic mass is 9.64. The largest absolute Gasteiger partial charge is 0.352 e. The molecule has 0 aliphatic carbocycles. The van der Waals surface area contributed by atoms with Gasteiger partial charge in [-0.2, -0.15) is 0 Å². The number of anilines is 2. The number of allylic oxidation sites excluding steroid dienone is 1. The summed E-state index contributed by atoms with van der Waals surface area (Å²) in [6.45, 7) is 8.44. The molecule has 1 N–H and O–H groups in total. The molecule has 5 nitrogen and oxygen atoms in total. The highest BCUT2D eigenvalue weighted by Gasteiger charge is 2.70. The number of aryl methyl sites for hydroxylation is 1. The van der Waals surface area contributed by atoms with Crippen LogP contribution >= 0.6 is 0 Å². The molecule has 4 aromatic rings. The van der Waals surface area contributed by atoms with Gasteiger partial charge >= 0.3 is 0 Å². The molecule has 0 bridgehead atoms. The number of para-hydroxylation sites is 1. The summed E-state index contributed by atoms with van der Waals surface area (Å²) in [6.07, 6.45) is 3.01. The van der Waals surface area contributed by atoms with Crippen molar-refractivity contribution in [3.63, 3.8) is 0 Å². The van der Waals surface area contributed by atoms with Gasteiger partial charge in [-0.3, -0.25) is 14.4 Å². The second-order valence-corrected chi connectivity index (χ2v) is 12.9. The smallest absolute Gasteiger partial charge is 0.238 e. The maximum atomic E-state index is 15.1. The fraction of sp³-hybridized carbons (Fsp3) is 0.256. The Bertz CT molecular complexity index is 1840. The first-order valence-corrected chi connectivity index (χ1v) is 15.4. The third-order valence-corrected chi connectivity index (χ3v) is 9.62. The van der Waals surface area contributed by atoms with E-state index in [0.717, 1.165) is 39.9 Å². The minimum atomic E-state index is -1.32. The second kappa shape index (κ2) is 10.4. The molecule has 1 fully saturated rings. The standard InChI is InChI=1S/C39H36N2O3/c1-23(2)20-26-15-17-28(18-16-26)36(42)34-35(37(43)27-10-6-5-7-11-27)41-32-19-14-24(3)21-29(32)25(4)22-33(41)39(34)30-12-8-9-13-31(30)40-38(39)44/h5-19,21-23,33-35H,20H2,1-4H3,(H,40,44)/t33-,34+,35+,39-/m1/s1. The fourth-order valence-electron chi connectivity index (χ4n) is 7.78. The van der Waals surface area contributed by atoms with Crippen LogP contribution in [0.15, 0.2) is 103 Å². The summed E-state index contributed by atoms with van der Waals surface area (Å²) >= 11 is 0. The number of carbonyl (C=O) groups excluding carboxylic acids is 3. The number of ketones is 2. The molecule has 1 saturated heterocycles. The third kappa shape index (κ3) is 4.10. The second-order valence-electron chi connectivity index (χ2n) is 12.9. The Labute approximate surface area is 258 Å². The molecule has 0 saturated carbocycles. The molecule has 7 rings (SSSR count). The topological polar surface area (TPSA) is 66.5 Å². The van der Waals surface area contributed by atoms with Crippen LogP contribution in [0.1, 0.15) is 63.7 Å². The average Bonchev–Trinajstić information content (AvgIpc) is 3.49. The molecule has 220 valence electrons. The summed E-state index contributed by atoms with van der Waals surface area (Å²) in [4.78, 5) is 46.5. The van der Waals surface area contributed by atoms with Crippen molar-refractivity contribution in [3.8, 4) is 0 Å². The van der Waals surface area contributed by atoms with Crippen molar-refractivity contribution in [2.45, 2.75) is 51.6 Å². The van der Waals surface area contributed by atoms with Crippen molar-refractivity contribution in [2.75, 3.05) is 10.2 Å². The highest BCUT2D eigenvalue weighted by atomic mass is 16.2. The van der Waals surface area contributed by atoms with E-state index in [9.17, 15) is 9.59 Å². The van der Waals surface area contributed by atoms with Crippen LogP contribution < -0.4 is 10.2 Å². The van der Waals surface area contributed by atoms with Gasteiger partial charge in [0, 0.05) is 28.1 Å². The zero-order valence-corrected chi connectivity index (χ0v) is 25.5. The van der Waals surface area contributed by atoms with Gasteiger partial charge in [0.25, 0.3) is 0 Å². The van der Waals surface area contributed by atoms with Gasteiger partial charge < -0.3 is 10.2 Å². The van der Waals surface area contributed by atoms with Crippen LogP contribution in [0, 0.1) is 18.8 Å². The molecule has 0 unspecified atom stereocenters. The number of amides is 1. The summed E-state index contributed by atoms with van der Waals surface area (Å²) in [5, 5.41) is 3.12. The lowest BCUT2D eigenvalue weighted by Gasteiger charge is -2.39. The van der Waals surface area contributed by atoms with Gasteiger partial charge in [-0.1, -0.05) is 104 Å². The van der Waals surface area contributed by atoms with E-state index in [-0.39, 0.29) is 17.5 Å². The first-order chi connectivity index (χ1) is 21.2. The van der Waals surface area contributed by atoms with Crippen molar-refractivity contribution in [2.24, 2.45) is 11.8 Å². The van der Waals surface area contributed by atoms with Crippen molar-refractivity contribution in [3.05, 3.63) is 137 Å². The molecule has 0 radical (unpaired) electrons. The Balaban J connectivity index is 1.51. The van der Waals surface area contributed by atoms with E-state index in [1.165, 1.54) is 0 Å². The number of carbonyl (C=O) groups is 3. The number of fused-ring (bicyclic) bond motifs is 6. The first-order valence-electron chi connectivity index (χ1n) is 15.4. The highest BCUT2D eigenvalue weighted by Crippen LogP contribution is 2.59. The Morgan fingerprint density at radius 3 is 2.25 bits per heavy atom. The summed E-state index contributed by atoms with van der Waals surface area (Å²) < 4.78 is 0. The minimum absolute atomic E-state index is 0.168. The monoisotopic (exact) mass is 580 g/mol. The number of benzene rings is 4. The predicted octanol–water partition coefficient (Wildman–Crippen LogP) is 7.44. The van der Waals surface area contributed by atoms with Crippen LogP contribution in [-0.4, -0.2) is 29.6 Å². The number of hydrogen-bond donors (Lipinski definition) is 1. The summed E-state index contributed by atoms with van der Waals surface area (Å²) in [6, 6.07) is 29.3. The van der Waals surface area contributed by atoms with Crippen LogP contribution in [0.4, 0.5) is 11.4 Å². The van der Waals surface area contributed by atoms with E-state index in [1.807, 2.05) is 85.8 Å². The van der Waals surface area contributed by atoms with Gasteiger partial charge in [0.15, 0.2) is 11.6 Å². The summed E-state index contributed by atoms with van der Waals surface area (Å²) in [5.74, 6) is -1.10. The zero-order valence-electron chi connectivity index (χ0n) is 25.5. The molecular weight excluding hydrogens is 544 g/mol. The van der Waals surface area contributed by atoms with E-state index in [4.69, 9.17) is 0 Å². The van der Waals surface area contributed by atoms with E-state index in [0.29, 0.717) is 22.7 Å². The third-order valence-electron chi connectivity index (χ3n) is 9.62. The SMILES string of the molecule is CC1=C[C@H]2N(c3ccc(C)cc31)[C@H](C(=O)c1ccccc1)[C@@H](C(=O)c1ccc(CC(C)C)cc1)[C@]21C(=O)Nc2ccccc21. The van der Waals surface area contributed by atoms with E-state index in [2.05, 4.69) is 43.1 Å². The molecule has 3 aliphatic rings. The van der Waals surface area contributed by atoms with Gasteiger partial charge in [0.2, 0.25) is 5.91 Å². The first kappa shape index (κ1) is 28.0. The number of hydrogen-bond acceptors (Lipinski definition) is 4. The number of Topliss-reactive ketones (excluding diaryl/α,β-unsaturated/α-hetero) is 2. The van der Waals surface area contributed by atoms with Crippen LogP contribution in [0.25, 0.3) is 5.57 Å². The van der Waals surface area contributed by atoms with Crippen molar-refractivity contribution < 1.29 is 14.4 Å². The van der Waals surface area contributed by atoms with Gasteiger partial charge in [-0.05, 0) is 61.1 Å². The lowest BCUT2D eigenvalue weighted by molar-refractivity contribution is -0.121. The molecule has 4 aromatic carbocycles. The van der Waals surface area contributed by atoms with Crippen LogP contribution in [0.3, 0.4) is 0 Å². The maximum Gasteiger partial charge on any atom is 0.238 e. The Morgan fingerprint density at radius 1 is 0.841 bits per heavy atom. The van der Waals surface area contributed by atoms with Gasteiger partial charge in [0.05, 0.1) is 12.0 Å². The maximum absolute atomic E-state index is 15.1. The molecular formula is C39H36N2O3. The molecule has 4 atom stereocenters. The predicted molar refractivity (Wildman–Crippen MR) is 175 cm³/mol. The molecule has 1 amide bonds. The molecule has 3 aliphatic heterocycles. The van der Waals surface area contributed by atoms with Crippen molar-refractivity contribution in [1.29, 1.82) is 0 Å². The number of rotatable bonds is 6. The highest BCUT2D eigenvalue weighted by molar-refractivity contribution is 6.18. The zero-order chi connectivity index (χ0) is 30.7. The van der Waals surface area contributed by atoms with Gasteiger partial charge in [-0.15, -0.1) is 0 Å². The Kier molecular flexibility index (Phi) is 6.65. The fourth-order valence-corrected chi connectivity index (χ4v) is 7.78. The van der Waals surface area contributed by atoms with Crippen molar-refractivity contribution in [1.82, 2.24) is 0 Å². The summed E-state index contributed by atoms with van der Waals surface area (Å²) in [5.41, 5.74) is 6.33. The molecule has 44 heavy (non-hydrogen) atoms. The van der Waals surface area contributed by atoms with Crippen LogP contribution in [0.5, 0.6) is 0 Å². The molecule has 1 spiro atoms. The van der Waals surface area contributed by atoms with Gasteiger partial charge in [-0.25, -0.2) is 0 Å². The quantitative estimate of drug-likeness (QED) is 0.241. The minimum Gasteiger partial charge on any atom is -0.352 e. The number of nitrogens with one attached hydrogen (secondary N) is 1. The van der Waals surface area contributed by atoms with E-state index >= 15 is 4.79 Å². The lowest BCUT2D eigenvalue weighted by Crippen LogP contribution is -2.51. The molecule has 5 heteroatoms. The average molecular weight is 581 g/mol. The Hall–Kier alpha value is -4.77. The molecule has 0 aromatic heterocycles. The van der Waals surface area contributed by atoms with Crippen LogP contribution in [-0.2, 0) is 16.6 Å². The van der Waals surface area contributed by atoms with Crippen LogP contribution in [0.2, 0.25) is 0 Å². The van der Waals surface area contributed by atoms with Gasteiger partial charge in [0.1, 0.15) is 11.5 Å². The normalized spacial score (nSPS) is 23.2. The van der Waals surface area contributed by atoms with E-state index < -0.39 is 23.4 Å². The Morgan fingerprint density at radius 2 is 1.52 bits per heavy atom.